The van der Waals surface area contributed by atoms with Gasteiger partial charge in [-0.05, 0) is 58.6 Å². The van der Waals surface area contributed by atoms with Gasteiger partial charge in [-0.1, -0.05) is 0 Å². The van der Waals surface area contributed by atoms with E-state index >= 15 is 0 Å². The summed E-state index contributed by atoms with van der Waals surface area (Å²) in [6.07, 6.45) is 4.88. The van der Waals surface area contributed by atoms with Crippen molar-refractivity contribution < 1.29 is 8.42 Å². The molecule has 0 spiro atoms. The van der Waals surface area contributed by atoms with E-state index in [2.05, 4.69) is 31.0 Å². The molecule has 1 aliphatic heterocycles. The van der Waals surface area contributed by atoms with Crippen LogP contribution in [0.4, 0.5) is 11.4 Å². The fourth-order valence-electron chi connectivity index (χ4n) is 2.29. The highest BCUT2D eigenvalue weighted by molar-refractivity contribution is 9.10. The summed E-state index contributed by atoms with van der Waals surface area (Å²) < 4.78 is 27.9. The van der Waals surface area contributed by atoms with Crippen molar-refractivity contribution in [2.45, 2.75) is 17.7 Å². The molecule has 1 aromatic heterocycles. The second-order valence-corrected chi connectivity index (χ2v) is 7.44. The second kappa shape index (κ2) is 5.65. The summed E-state index contributed by atoms with van der Waals surface area (Å²) in [7, 11) is -3.63. The smallest absolute Gasteiger partial charge is 0.263 e. The van der Waals surface area contributed by atoms with Gasteiger partial charge in [0.1, 0.15) is 4.90 Å². The van der Waals surface area contributed by atoms with Gasteiger partial charge < -0.3 is 5.32 Å². The number of aryl methyl sites for hydroxylation is 1. The average Bonchev–Trinajstić information content (AvgIpc) is 2.47. The van der Waals surface area contributed by atoms with E-state index in [1.807, 2.05) is 12.1 Å². The Kier molecular flexibility index (Phi) is 3.86. The first-order valence-electron chi connectivity index (χ1n) is 6.55. The molecule has 21 heavy (non-hydrogen) atoms. The number of pyridine rings is 1. The van der Waals surface area contributed by atoms with Crippen LogP contribution in [0, 0.1) is 0 Å². The van der Waals surface area contributed by atoms with Gasteiger partial charge in [0, 0.05) is 34.8 Å². The number of halogens is 1. The normalized spacial score (nSPS) is 14.1. The van der Waals surface area contributed by atoms with Crippen molar-refractivity contribution in [3.63, 3.8) is 0 Å². The van der Waals surface area contributed by atoms with Gasteiger partial charge in [0.2, 0.25) is 0 Å². The minimum absolute atomic E-state index is 0.132. The molecule has 0 aliphatic carbocycles. The number of sulfonamides is 1. The Morgan fingerprint density at radius 1 is 1.24 bits per heavy atom. The second-order valence-electron chi connectivity index (χ2n) is 4.85. The molecule has 0 atom stereocenters. The first-order chi connectivity index (χ1) is 10.0. The van der Waals surface area contributed by atoms with Crippen LogP contribution < -0.4 is 10.0 Å². The lowest BCUT2D eigenvalue weighted by atomic mass is 10.0. The molecule has 2 aromatic rings. The molecule has 5 nitrogen and oxygen atoms in total. The number of hydrogen-bond acceptors (Lipinski definition) is 4. The van der Waals surface area contributed by atoms with Crippen LogP contribution in [0.2, 0.25) is 0 Å². The van der Waals surface area contributed by atoms with Gasteiger partial charge in [-0.3, -0.25) is 9.71 Å². The van der Waals surface area contributed by atoms with Gasteiger partial charge >= 0.3 is 0 Å². The molecule has 110 valence electrons. The molecule has 7 heteroatoms. The van der Waals surface area contributed by atoms with Crippen molar-refractivity contribution in [3.05, 3.63) is 46.7 Å². The molecule has 0 bridgehead atoms. The molecule has 0 saturated heterocycles. The third kappa shape index (κ3) is 3.19. The maximum absolute atomic E-state index is 12.3. The lowest BCUT2D eigenvalue weighted by molar-refractivity contribution is 0.600. The van der Waals surface area contributed by atoms with Crippen molar-refractivity contribution in [3.8, 4) is 0 Å². The van der Waals surface area contributed by atoms with E-state index in [9.17, 15) is 8.42 Å². The van der Waals surface area contributed by atoms with Gasteiger partial charge in [0.15, 0.2) is 0 Å². The topological polar surface area (TPSA) is 71.1 Å². The van der Waals surface area contributed by atoms with Crippen molar-refractivity contribution >= 4 is 37.3 Å². The molecule has 0 saturated carbocycles. The van der Waals surface area contributed by atoms with Crippen molar-refractivity contribution in [1.82, 2.24) is 4.98 Å². The maximum atomic E-state index is 12.3. The zero-order valence-electron chi connectivity index (χ0n) is 11.1. The lowest BCUT2D eigenvalue weighted by Crippen LogP contribution is -2.15. The summed E-state index contributed by atoms with van der Waals surface area (Å²) >= 11 is 3.23. The molecule has 2 N–H and O–H groups in total. The number of anilines is 2. The molecular formula is C14H14BrN3O2S. The number of hydrogen-bond donors (Lipinski definition) is 2. The van der Waals surface area contributed by atoms with Gasteiger partial charge in [-0.2, -0.15) is 0 Å². The molecule has 0 radical (unpaired) electrons. The quantitative estimate of drug-likeness (QED) is 0.874. The van der Waals surface area contributed by atoms with Gasteiger partial charge in [-0.25, -0.2) is 8.42 Å². The van der Waals surface area contributed by atoms with E-state index in [1.165, 1.54) is 12.3 Å². The molecule has 3 rings (SSSR count). The van der Waals surface area contributed by atoms with Crippen molar-refractivity contribution in [2.75, 3.05) is 16.6 Å². The highest BCUT2D eigenvalue weighted by Gasteiger charge is 2.16. The van der Waals surface area contributed by atoms with Crippen LogP contribution in [0.5, 0.6) is 0 Å². The molecule has 2 heterocycles. The first-order valence-corrected chi connectivity index (χ1v) is 8.82. The van der Waals surface area contributed by atoms with Crippen molar-refractivity contribution in [1.29, 1.82) is 0 Å². The Balaban J connectivity index is 1.89. The molecular weight excluding hydrogens is 354 g/mol. The van der Waals surface area contributed by atoms with Crippen LogP contribution in [-0.2, 0) is 16.4 Å². The predicted molar refractivity (Wildman–Crippen MR) is 86.0 cm³/mol. The molecule has 0 amide bonds. The monoisotopic (exact) mass is 367 g/mol. The zero-order chi connectivity index (χ0) is 14.9. The standard InChI is InChI=1S/C14H14BrN3O2S/c15-11-7-13(9-16-8-11)21(19,20)18-12-3-4-14-10(6-12)2-1-5-17-14/h3-4,6-9,17-18H,1-2,5H2. The molecule has 0 fully saturated rings. The Morgan fingerprint density at radius 2 is 2.10 bits per heavy atom. The number of nitrogens with zero attached hydrogens (tertiary/aromatic N) is 1. The Hall–Kier alpha value is -1.60. The molecule has 1 aliphatic rings. The largest absolute Gasteiger partial charge is 0.385 e. The SMILES string of the molecule is O=S(=O)(Nc1ccc2c(c1)CCCN2)c1cncc(Br)c1. The summed E-state index contributed by atoms with van der Waals surface area (Å²) in [6.45, 7) is 0.960. The van der Waals surface area contributed by atoms with E-state index < -0.39 is 10.0 Å². The number of aromatic nitrogens is 1. The summed E-state index contributed by atoms with van der Waals surface area (Å²) in [5.41, 5.74) is 2.78. The van der Waals surface area contributed by atoms with E-state index in [0.29, 0.717) is 10.2 Å². The first kappa shape index (κ1) is 14.3. The lowest BCUT2D eigenvalue weighted by Gasteiger charge is -2.19. The van der Waals surface area contributed by atoms with Gasteiger partial charge in [0.05, 0.1) is 0 Å². The summed E-state index contributed by atoms with van der Waals surface area (Å²) in [5.74, 6) is 0. The number of rotatable bonds is 3. The van der Waals surface area contributed by atoms with Crippen LogP contribution in [-0.4, -0.2) is 19.9 Å². The molecule has 0 unspecified atom stereocenters. The van der Waals surface area contributed by atoms with Crippen molar-refractivity contribution in [2.24, 2.45) is 0 Å². The van der Waals surface area contributed by atoms with Crippen LogP contribution >= 0.6 is 15.9 Å². The molecule has 1 aromatic carbocycles. The number of benzene rings is 1. The van der Waals surface area contributed by atoms with E-state index in [1.54, 1.807) is 12.3 Å². The highest BCUT2D eigenvalue weighted by atomic mass is 79.9. The van der Waals surface area contributed by atoms with Crippen LogP contribution in [0.25, 0.3) is 0 Å². The summed E-state index contributed by atoms with van der Waals surface area (Å²) in [6, 6.07) is 7.07. The zero-order valence-corrected chi connectivity index (χ0v) is 13.5. The highest BCUT2D eigenvalue weighted by Crippen LogP contribution is 2.26. The van der Waals surface area contributed by atoms with E-state index in [-0.39, 0.29) is 4.90 Å². The third-order valence-electron chi connectivity index (χ3n) is 3.29. The predicted octanol–water partition coefficient (Wildman–Crippen LogP) is 3.00. The van der Waals surface area contributed by atoms with Gasteiger partial charge in [0.25, 0.3) is 10.0 Å². The maximum Gasteiger partial charge on any atom is 0.263 e. The van der Waals surface area contributed by atoms with Gasteiger partial charge in [-0.15, -0.1) is 0 Å². The van der Waals surface area contributed by atoms with E-state index in [4.69, 9.17) is 0 Å². The Morgan fingerprint density at radius 3 is 2.90 bits per heavy atom. The minimum Gasteiger partial charge on any atom is -0.385 e. The number of nitrogens with one attached hydrogen (secondary N) is 2. The van der Waals surface area contributed by atoms with Crippen LogP contribution in [0.1, 0.15) is 12.0 Å². The fourth-order valence-corrected chi connectivity index (χ4v) is 3.85. The Bertz CT molecular complexity index is 778. The average molecular weight is 368 g/mol. The van der Waals surface area contributed by atoms with Crippen LogP contribution in [0.3, 0.4) is 0 Å². The fraction of sp³-hybridized carbons (Fsp3) is 0.214. The Labute approximate surface area is 132 Å². The summed E-state index contributed by atoms with van der Waals surface area (Å²) in [4.78, 5) is 4.02. The third-order valence-corrected chi connectivity index (χ3v) is 5.07. The van der Waals surface area contributed by atoms with Crippen LogP contribution in [0.15, 0.2) is 46.0 Å². The minimum atomic E-state index is -3.63. The van der Waals surface area contributed by atoms with E-state index in [0.717, 1.165) is 30.6 Å². The summed E-state index contributed by atoms with van der Waals surface area (Å²) in [5, 5.41) is 3.30. The number of fused-ring (bicyclic) bond motifs is 1.